The Hall–Kier alpha value is -3.38. The van der Waals surface area contributed by atoms with Crippen LogP contribution in [-0.4, -0.2) is 23.8 Å². The molecule has 3 aromatic rings. The van der Waals surface area contributed by atoms with Gasteiger partial charge in [-0.2, -0.15) is 0 Å². The second-order valence-corrected chi connectivity index (χ2v) is 8.99. The summed E-state index contributed by atoms with van der Waals surface area (Å²) in [5.41, 5.74) is 1.24. The molecule has 0 saturated carbocycles. The van der Waals surface area contributed by atoms with E-state index < -0.39 is 12.1 Å². The van der Waals surface area contributed by atoms with E-state index in [1.165, 1.54) is 0 Å². The molecule has 0 bridgehead atoms. The van der Waals surface area contributed by atoms with Gasteiger partial charge in [0.15, 0.2) is 6.10 Å². The minimum atomic E-state index is -0.791. The molecule has 0 saturated heterocycles. The summed E-state index contributed by atoms with van der Waals surface area (Å²) in [6.07, 6.45) is 1.04. The summed E-state index contributed by atoms with van der Waals surface area (Å²) in [6, 6.07) is 26.6. The van der Waals surface area contributed by atoms with Gasteiger partial charge in [-0.1, -0.05) is 73.6 Å². The number of hydrogen-bond donors (Lipinski definition) is 1. The first-order valence-corrected chi connectivity index (χ1v) is 12.3. The molecule has 0 radical (unpaired) electrons. The summed E-state index contributed by atoms with van der Waals surface area (Å²) in [5.74, 6) is -0.818. The fraction of sp³-hybridized carbons (Fsp3) is 0.250. The van der Waals surface area contributed by atoms with Gasteiger partial charge in [0.2, 0.25) is 11.7 Å². The van der Waals surface area contributed by atoms with Crippen molar-refractivity contribution < 1.29 is 19.1 Å². The molecule has 34 heavy (non-hydrogen) atoms. The number of rotatable bonds is 12. The molecule has 3 rings (SSSR count). The van der Waals surface area contributed by atoms with Gasteiger partial charge in [-0.05, 0) is 49.2 Å². The Bertz CT molecular complexity index is 1070. The molecule has 0 aliphatic carbocycles. The van der Waals surface area contributed by atoms with E-state index >= 15 is 0 Å². The number of carbonyl (C=O) groups is 3. The third kappa shape index (κ3) is 8.19. The van der Waals surface area contributed by atoms with Crippen LogP contribution in [0.1, 0.15) is 49.4 Å². The fourth-order valence-corrected chi connectivity index (χ4v) is 4.20. The molecule has 1 amide bonds. The van der Waals surface area contributed by atoms with Crippen LogP contribution < -0.4 is 5.32 Å². The third-order valence-electron chi connectivity index (χ3n) is 5.08. The molecule has 0 aromatic heterocycles. The monoisotopic (exact) mass is 475 g/mol. The highest BCUT2D eigenvalue weighted by atomic mass is 32.2. The Balaban J connectivity index is 1.41. The Kier molecular flexibility index (Phi) is 9.92. The summed E-state index contributed by atoms with van der Waals surface area (Å²) >= 11 is 1.65. The zero-order chi connectivity index (χ0) is 24.2. The van der Waals surface area contributed by atoms with Crippen LogP contribution in [0.15, 0.2) is 94.7 Å². The lowest BCUT2D eigenvalue weighted by Gasteiger charge is -2.16. The van der Waals surface area contributed by atoms with E-state index in [1.54, 1.807) is 36.0 Å². The third-order valence-corrected chi connectivity index (χ3v) is 6.09. The zero-order valence-corrected chi connectivity index (χ0v) is 20.1. The number of ether oxygens (including phenoxy) is 1. The number of anilines is 1. The molecule has 5 nitrogen and oxygen atoms in total. The molecule has 1 N–H and O–H groups in total. The topological polar surface area (TPSA) is 72.5 Å². The maximum absolute atomic E-state index is 12.6. The lowest BCUT2D eigenvalue weighted by atomic mass is 10.0. The smallest absolute Gasteiger partial charge is 0.306 e. The zero-order valence-electron chi connectivity index (χ0n) is 19.2. The average molecular weight is 476 g/mol. The highest BCUT2D eigenvalue weighted by Gasteiger charge is 2.23. The largest absolute Gasteiger partial charge is 0.454 e. The van der Waals surface area contributed by atoms with E-state index in [2.05, 4.69) is 5.32 Å². The van der Waals surface area contributed by atoms with Crippen molar-refractivity contribution in [2.24, 2.45) is 0 Å². The van der Waals surface area contributed by atoms with Crippen molar-refractivity contribution in [3.8, 4) is 0 Å². The maximum atomic E-state index is 12.6. The Morgan fingerprint density at radius 2 is 1.44 bits per heavy atom. The van der Waals surface area contributed by atoms with Crippen LogP contribution in [0, 0.1) is 0 Å². The van der Waals surface area contributed by atoms with E-state index in [0.29, 0.717) is 24.1 Å². The number of esters is 1. The summed E-state index contributed by atoms with van der Waals surface area (Å²) in [5, 5.41) is 2.85. The van der Waals surface area contributed by atoms with Crippen molar-refractivity contribution in [1.82, 2.24) is 0 Å². The van der Waals surface area contributed by atoms with E-state index in [4.69, 9.17) is 4.74 Å². The van der Waals surface area contributed by atoms with Gasteiger partial charge < -0.3 is 10.1 Å². The van der Waals surface area contributed by atoms with E-state index in [1.807, 2.05) is 67.6 Å². The van der Waals surface area contributed by atoms with Gasteiger partial charge in [-0.3, -0.25) is 14.4 Å². The molecular weight excluding hydrogens is 446 g/mol. The number of hydrogen-bond acceptors (Lipinski definition) is 5. The predicted octanol–water partition coefficient (Wildman–Crippen LogP) is 6.54. The molecule has 0 aliphatic rings. The Labute approximate surface area is 204 Å². The van der Waals surface area contributed by atoms with Crippen molar-refractivity contribution in [2.75, 3.05) is 5.32 Å². The number of Topliss-reactive ketones (excluding diaryl/α,β-unsaturated/α-hetero) is 1. The highest BCUT2D eigenvalue weighted by molar-refractivity contribution is 7.99. The standard InChI is InChI=1S/C28H29NO4S/c1-2-10-25(28(32)21-11-5-3-6-12-21)33-27(31)16-9-15-26(30)29-22-17-19-24(20-18-22)34-23-13-7-4-8-14-23/h3-8,11-14,17-20,25H,2,9-10,15-16H2,1H3,(H,29,30). The van der Waals surface area contributed by atoms with Gasteiger partial charge in [0.1, 0.15) is 0 Å². The molecule has 0 aliphatic heterocycles. The van der Waals surface area contributed by atoms with Gasteiger partial charge in [0, 0.05) is 33.9 Å². The van der Waals surface area contributed by atoms with E-state index in [0.717, 1.165) is 16.2 Å². The van der Waals surface area contributed by atoms with Gasteiger partial charge in [-0.25, -0.2) is 0 Å². The summed E-state index contributed by atoms with van der Waals surface area (Å²) in [4.78, 5) is 39.4. The highest BCUT2D eigenvalue weighted by Crippen LogP contribution is 2.28. The van der Waals surface area contributed by atoms with Crippen LogP contribution in [0.4, 0.5) is 5.69 Å². The summed E-state index contributed by atoms with van der Waals surface area (Å²) in [7, 11) is 0. The quantitative estimate of drug-likeness (QED) is 0.238. The second kappa shape index (κ2) is 13.4. The minimum absolute atomic E-state index is 0.0857. The second-order valence-electron chi connectivity index (χ2n) is 7.84. The normalized spacial score (nSPS) is 11.4. The van der Waals surface area contributed by atoms with Crippen LogP contribution in [-0.2, 0) is 14.3 Å². The Morgan fingerprint density at radius 3 is 2.09 bits per heavy atom. The number of benzene rings is 3. The number of carbonyl (C=O) groups excluding carboxylic acids is 3. The lowest BCUT2D eigenvalue weighted by molar-refractivity contribution is -0.147. The summed E-state index contributed by atoms with van der Waals surface area (Å²) < 4.78 is 5.45. The van der Waals surface area contributed by atoms with E-state index in [-0.39, 0.29) is 24.5 Å². The molecule has 1 atom stereocenters. The lowest BCUT2D eigenvalue weighted by Crippen LogP contribution is -2.27. The van der Waals surface area contributed by atoms with Crippen LogP contribution >= 0.6 is 11.8 Å². The van der Waals surface area contributed by atoms with Crippen LogP contribution in [0.25, 0.3) is 0 Å². The number of amides is 1. The van der Waals surface area contributed by atoms with Crippen molar-refractivity contribution in [1.29, 1.82) is 0 Å². The molecule has 0 spiro atoms. The predicted molar refractivity (Wildman–Crippen MR) is 135 cm³/mol. The minimum Gasteiger partial charge on any atom is -0.454 e. The SMILES string of the molecule is CCCC(OC(=O)CCCC(=O)Nc1ccc(Sc2ccccc2)cc1)C(=O)c1ccccc1. The number of nitrogens with one attached hydrogen (secondary N) is 1. The molecule has 0 heterocycles. The molecule has 176 valence electrons. The fourth-order valence-electron chi connectivity index (χ4n) is 3.36. The molecule has 0 fully saturated rings. The van der Waals surface area contributed by atoms with Crippen molar-refractivity contribution in [3.63, 3.8) is 0 Å². The van der Waals surface area contributed by atoms with Gasteiger partial charge in [0.05, 0.1) is 0 Å². The number of ketones is 1. The first-order valence-electron chi connectivity index (χ1n) is 11.5. The van der Waals surface area contributed by atoms with Crippen molar-refractivity contribution >= 4 is 35.1 Å². The maximum Gasteiger partial charge on any atom is 0.306 e. The van der Waals surface area contributed by atoms with Crippen LogP contribution in [0.3, 0.4) is 0 Å². The van der Waals surface area contributed by atoms with Gasteiger partial charge in [-0.15, -0.1) is 0 Å². The van der Waals surface area contributed by atoms with Crippen LogP contribution in [0.2, 0.25) is 0 Å². The molecule has 6 heteroatoms. The van der Waals surface area contributed by atoms with E-state index in [9.17, 15) is 14.4 Å². The van der Waals surface area contributed by atoms with Crippen LogP contribution in [0.5, 0.6) is 0 Å². The first-order chi connectivity index (χ1) is 16.5. The first kappa shape index (κ1) is 25.2. The molecular formula is C28H29NO4S. The molecule has 3 aromatic carbocycles. The average Bonchev–Trinajstić information content (AvgIpc) is 2.86. The summed E-state index contributed by atoms with van der Waals surface area (Å²) in [6.45, 7) is 1.94. The Morgan fingerprint density at radius 1 is 0.824 bits per heavy atom. The van der Waals surface area contributed by atoms with Crippen molar-refractivity contribution in [3.05, 3.63) is 90.5 Å². The van der Waals surface area contributed by atoms with Crippen molar-refractivity contribution in [2.45, 2.75) is 54.9 Å². The van der Waals surface area contributed by atoms with Gasteiger partial charge >= 0.3 is 5.97 Å². The molecule has 1 unspecified atom stereocenters. The van der Waals surface area contributed by atoms with Gasteiger partial charge in [0.25, 0.3) is 0 Å².